The lowest BCUT2D eigenvalue weighted by atomic mass is 10.3. The largest absolute Gasteiger partial charge is 0.396 e. The molecule has 0 radical (unpaired) electrons. The summed E-state index contributed by atoms with van der Waals surface area (Å²) >= 11 is 0. The Morgan fingerprint density at radius 1 is 1.67 bits per heavy atom. The van der Waals surface area contributed by atoms with E-state index < -0.39 is 0 Å². The van der Waals surface area contributed by atoms with Gasteiger partial charge in [0.05, 0.1) is 5.69 Å². The van der Waals surface area contributed by atoms with Crippen molar-refractivity contribution in [2.45, 2.75) is 6.92 Å². The second-order valence-corrected chi connectivity index (χ2v) is 2.70. The molecule has 0 saturated heterocycles. The molecule has 0 fully saturated rings. The number of nitrogens with zero attached hydrogens (tertiary/aromatic N) is 2. The number of nitrogen functional groups attached to an aromatic ring is 1. The van der Waals surface area contributed by atoms with Gasteiger partial charge in [-0.3, -0.25) is 0 Å². The number of hydrogen-bond donors (Lipinski definition) is 2. The fraction of sp³-hybridized carbons (Fsp3) is 0.143. The highest BCUT2D eigenvalue weighted by molar-refractivity contribution is 5.64. The van der Waals surface area contributed by atoms with Crippen LogP contribution in [0.4, 0.5) is 5.69 Å². The minimum absolute atomic E-state index is 0.264. The molecule has 12 heavy (non-hydrogen) atoms. The number of aromatic amines is 1. The molecule has 0 amide bonds. The zero-order valence-electron chi connectivity index (χ0n) is 6.53. The number of rotatable bonds is 0. The highest BCUT2D eigenvalue weighted by Gasteiger charge is 2.02. The lowest BCUT2D eigenvalue weighted by molar-refractivity contribution is 1.02. The average Bonchev–Trinajstić information content (AvgIpc) is 2.33. The van der Waals surface area contributed by atoms with E-state index in [0.29, 0.717) is 11.3 Å². The van der Waals surface area contributed by atoms with E-state index in [9.17, 15) is 4.79 Å². The van der Waals surface area contributed by atoms with Crippen LogP contribution in [-0.2, 0) is 0 Å². The lowest BCUT2D eigenvalue weighted by Gasteiger charge is -1.97. The minimum atomic E-state index is -0.264. The van der Waals surface area contributed by atoms with E-state index in [1.165, 1.54) is 4.40 Å². The number of aromatic nitrogens is 3. The fourth-order valence-corrected chi connectivity index (χ4v) is 1.18. The van der Waals surface area contributed by atoms with E-state index in [1.54, 1.807) is 12.3 Å². The van der Waals surface area contributed by atoms with Crippen molar-refractivity contribution in [1.82, 2.24) is 14.6 Å². The van der Waals surface area contributed by atoms with Crippen molar-refractivity contribution >= 4 is 11.3 Å². The number of pyridine rings is 1. The third kappa shape index (κ3) is 0.795. The van der Waals surface area contributed by atoms with Gasteiger partial charge in [0.15, 0.2) is 5.65 Å². The first-order valence-corrected chi connectivity index (χ1v) is 3.51. The summed E-state index contributed by atoms with van der Waals surface area (Å²) in [7, 11) is 0. The van der Waals surface area contributed by atoms with E-state index in [2.05, 4.69) is 10.2 Å². The highest BCUT2D eigenvalue weighted by atomic mass is 16.1. The number of nitrogens with one attached hydrogen (secondary N) is 1. The summed E-state index contributed by atoms with van der Waals surface area (Å²) in [5.74, 6) is 0. The van der Waals surface area contributed by atoms with E-state index in [1.807, 2.05) is 6.92 Å². The summed E-state index contributed by atoms with van der Waals surface area (Å²) < 4.78 is 1.39. The number of aryl methyl sites for hydroxylation is 1. The minimum Gasteiger partial charge on any atom is -0.396 e. The van der Waals surface area contributed by atoms with Gasteiger partial charge in [-0.15, -0.1) is 0 Å². The molecular weight excluding hydrogens is 156 g/mol. The normalized spacial score (nSPS) is 10.8. The Morgan fingerprint density at radius 3 is 3.17 bits per heavy atom. The molecule has 0 aliphatic heterocycles. The van der Waals surface area contributed by atoms with E-state index in [-0.39, 0.29) is 5.69 Å². The third-order valence-corrected chi connectivity index (χ3v) is 1.68. The van der Waals surface area contributed by atoms with E-state index >= 15 is 0 Å². The van der Waals surface area contributed by atoms with Crippen molar-refractivity contribution in [3.8, 4) is 0 Å². The van der Waals surface area contributed by atoms with Gasteiger partial charge in [-0.25, -0.2) is 14.3 Å². The van der Waals surface area contributed by atoms with Crippen molar-refractivity contribution < 1.29 is 0 Å². The van der Waals surface area contributed by atoms with Gasteiger partial charge in [0.2, 0.25) is 0 Å². The molecule has 0 atom stereocenters. The topological polar surface area (TPSA) is 76.2 Å². The smallest absolute Gasteiger partial charge is 0.347 e. The lowest BCUT2D eigenvalue weighted by Crippen LogP contribution is -2.09. The van der Waals surface area contributed by atoms with Gasteiger partial charge >= 0.3 is 5.69 Å². The maximum atomic E-state index is 11.1. The second-order valence-electron chi connectivity index (χ2n) is 2.70. The zero-order chi connectivity index (χ0) is 8.72. The number of hydrogen-bond acceptors (Lipinski definition) is 3. The van der Waals surface area contributed by atoms with Crippen molar-refractivity contribution in [2.24, 2.45) is 0 Å². The Kier molecular flexibility index (Phi) is 1.21. The summed E-state index contributed by atoms with van der Waals surface area (Å²) in [6.45, 7) is 1.87. The first kappa shape index (κ1) is 6.90. The van der Waals surface area contributed by atoms with Gasteiger partial charge < -0.3 is 5.73 Å². The molecule has 0 unspecified atom stereocenters. The molecule has 2 rings (SSSR count). The van der Waals surface area contributed by atoms with Gasteiger partial charge in [-0.05, 0) is 18.6 Å². The predicted molar refractivity (Wildman–Crippen MR) is 45.0 cm³/mol. The Balaban J connectivity index is 3.02. The molecule has 2 aromatic heterocycles. The van der Waals surface area contributed by atoms with Gasteiger partial charge in [0, 0.05) is 6.20 Å². The number of nitrogens with two attached hydrogens (primary N) is 1. The molecule has 2 aromatic rings. The van der Waals surface area contributed by atoms with Crippen molar-refractivity contribution in [3.63, 3.8) is 0 Å². The number of fused-ring (bicyclic) bond motifs is 1. The molecular formula is C7H8N4O. The number of H-pyrrole nitrogens is 1. The van der Waals surface area contributed by atoms with Crippen LogP contribution in [0.25, 0.3) is 5.65 Å². The Labute approximate surface area is 67.8 Å². The van der Waals surface area contributed by atoms with Crippen LogP contribution in [0.15, 0.2) is 17.1 Å². The molecule has 0 spiro atoms. The summed E-state index contributed by atoms with van der Waals surface area (Å²) in [5, 5.41) is 6.08. The molecule has 0 bridgehead atoms. The SMILES string of the molecule is Cc1cc(N)c2n[nH]c(=O)n2c1. The molecule has 2 heterocycles. The average molecular weight is 164 g/mol. The van der Waals surface area contributed by atoms with Crippen LogP contribution in [0.5, 0.6) is 0 Å². The molecule has 5 heteroatoms. The third-order valence-electron chi connectivity index (χ3n) is 1.68. The summed E-state index contributed by atoms with van der Waals surface area (Å²) in [4.78, 5) is 11.1. The van der Waals surface area contributed by atoms with Crippen LogP contribution < -0.4 is 11.4 Å². The van der Waals surface area contributed by atoms with Crippen LogP contribution in [-0.4, -0.2) is 14.6 Å². The molecule has 3 N–H and O–H groups in total. The van der Waals surface area contributed by atoms with Gasteiger partial charge in [0.25, 0.3) is 0 Å². The van der Waals surface area contributed by atoms with Crippen LogP contribution in [0.3, 0.4) is 0 Å². The first-order valence-electron chi connectivity index (χ1n) is 3.51. The first-order chi connectivity index (χ1) is 5.68. The second kappa shape index (κ2) is 2.10. The Morgan fingerprint density at radius 2 is 2.42 bits per heavy atom. The van der Waals surface area contributed by atoms with Crippen LogP contribution in [0.1, 0.15) is 5.56 Å². The molecule has 0 saturated carbocycles. The quantitative estimate of drug-likeness (QED) is 0.571. The van der Waals surface area contributed by atoms with Crippen molar-refractivity contribution in [3.05, 3.63) is 28.3 Å². The van der Waals surface area contributed by atoms with Gasteiger partial charge in [0.1, 0.15) is 0 Å². The van der Waals surface area contributed by atoms with Crippen molar-refractivity contribution in [2.75, 3.05) is 5.73 Å². The maximum Gasteiger partial charge on any atom is 0.347 e. The maximum absolute atomic E-state index is 11.1. The Hall–Kier alpha value is -1.78. The monoisotopic (exact) mass is 164 g/mol. The summed E-state index contributed by atoms with van der Waals surface area (Å²) in [6.07, 6.45) is 1.69. The predicted octanol–water partition coefficient (Wildman–Crippen LogP) is -0.0868. The van der Waals surface area contributed by atoms with Crippen LogP contribution in [0.2, 0.25) is 0 Å². The summed E-state index contributed by atoms with van der Waals surface area (Å²) in [6, 6.07) is 1.77. The van der Waals surface area contributed by atoms with Crippen molar-refractivity contribution in [1.29, 1.82) is 0 Å². The summed E-state index contributed by atoms with van der Waals surface area (Å²) in [5.41, 5.74) is 7.28. The van der Waals surface area contributed by atoms with Gasteiger partial charge in [-0.1, -0.05) is 0 Å². The molecule has 0 aromatic carbocycles. The standard InChI is InChI=1S/C7H8N4O/c1-4-2-5(8)6-9-10-7(12)11(6)3-4/h2-3H,8H2,1H3,(H,10,12). The molecule has 62 valence electrons. The molecule has 0 aliphatic carbocycles. The van der Waals surface area contributed by atoms with E-state index in [4.69, 9.17) is 5.73 Å². The van der Waals surface area contributed by atoms with Crippen LogP contribution in [0, 0.1) is 6.92 Å². The molecule has 0 aliphatic rings. The Bertz CT molecular complexity index is 482. The fourth-order valence-electron chi connectivity index (χ4n) is 1.18. The molecule has 5 nitrogen and oxygen atoms in total. The zero-order valence-corrected chi connectivity index (χ0v) is 6.53. The van der Waals surface area contributed by atoms with Gasteiger partial charge in [-0.2, -0.15) is 5.10 Å². The van der Waals surface area contributed by atoms with Crippen LogP contribution >= 0.6 is 0 Å². The number of anilines is 1. The van der Waals surface area contributed by atoms with E-state index in [0.717, 1.165) is 5.56 Å². The highest BCUT2D eigenvalue weighted by Crippen LogP contribution is 2.09.